The van der Waals surface area contributed by atoms with Crippen LogP contribution in [0.25, 0.3) is 0 Å². The van der Waals surface area contributed by atoms with Gasteiger partial charge >= 0.3 is 5.97 Å². The lowest BCUT2D eigenvalue weighted by Crippen LogP contribution is -2.39. The Hall–Kier alpha value is -2.10. The van der Waals surface area contributed by atoms with E-state index in [0.717, 1.165) is 38.9 Å². The lowest BCUT2D eigenvalue weighted by molar-refractivity contribution is -0.230. The normalized spacial score (nSPS) is 26.1. The number of hydrogen-bond donors (Lipinski definition) is 0. The molecule has 3 rings (SSSR count). The molecule has 1 aromatic carbocycles. The van der Waals surface area contributed by atoms with Gasteiger partial charge in [0.2, 0.25) is 0 Å². The second kappa shape index (κ2) is 12.1. The van der Waals surface area contributed by atoms with Gasteiger partial charge < -0.3 is 18.9 Å². The van der Waals surface area contributed by atoms with E-state index in [1.54, 1.807) is 18.2 Å². The van der Waals surface area contributed by atoms with E-state index in [1.807, 2.05) is 6.92 Å². The van der Waals surface area contributed by atoms with Gasteiger partial charge in [-0.15, -0.1) is 0 Å². The van der Waals surface area contributed by atoms with Crippen molar-refractivity contribution in [2.24, 2.45) is 17.8 Å². The maximum Gasteiger partial charge on any atom is 0.314 e. The molecule has 0 aromatic heterocycles. The Kier molecular flexibility index (Phi) is 9.17. The van der Waals surface area contributed by atoms with Crippen LogP contribution in [0.15, 0.2) is 18.2 Å². The second-order valence-electron chi connectivity index (χ2n) is 8.63. The first kappa shape index (κ1) is 23.6. The minimum absolute atomic E-state index is 0.143. The number of carbonyl (C=O) groups is 1. The summed E-state index contributed by atoms with van der Waals surface area (Å²) in [7, 11) is 0. The van der Waals surface area contributed by atoms with Crippen LogP contribution in [0, 0.1) is 29.1 Å². The van der Waals surface area contributed by atoms with Gasteiger partial charge in [-0.3, -0.25) is 4.79 Å². The topological polar surface area (TPSA) is 77.8 Å². The Morgan fingerprint density at radius 3 is 2.52 bits per heavy atom. The summed E-state index contributed by atoms with van der Waals surface area (Å²) in [4.78, 5) is 12.7. The third kappa shape index (κ3) is 6.69. The van der Waals surface area contributed by atoms with E-state index >= 15 is 0 Å². The van der Waals surface area contributed by atoms with Gasteiger partial charge in [0.05, 0.1) is 31.3 Å². The summed E-state index contributed by atoms with van der Waals surface area (Å²) >= 11 is 0. The van der Waals surface area contributed by atoms with Gasteiger partial charge in [0.25, 0.3) is 0 Å². The van der Waals surface area contributed by atoms with Gasteiger partial charge in [-0.1, -0.05) is 26.2 Å². The summed E-state index contributed by atoms with van der Waals surface area (Å²) in [6.07, 6.45) is 8.07. The number of nitrogens with zero attached hydrogens (tertiary/aromatic N) is 1. The lowest BCUT2D eigenvalue weighted by atomic mass is 9.81. The fourth-order valence-corrected chi connectivity index (χ4v) is 4.44. The minimum atomic E-state index is -0.263. The fourth-order valence-electron chi connectivity index (χ4n) is 4.44. The van der Waals surface area contributed by atoms with Gasteiger partial charge in [0.15, 0.2) is 6.29 Å². The molecule has 2 fully saturated rings. The molecule has 1 saturated heterocycles. The molecule has 0 N–H and O–H groups in total. The molecule has 1 aromatic rings. The molecule has 0 amide bonds. The van der Waals surface area contributed by atoms with Crippen molar-refractivity contribution in [3.8, 4) is 17.6 Å². The summed E-state index contributed by atoms with van der Waals surface area (Å²) in [6.45, 7) is 6.18. The third-order valence-electron chi connectivity index (χ3n) is 6.29. The van der Waals surface area contributed by atoms with E-state index < -0.39 is 0 Å². The highest BCUT2D eigenvalue weighted by Crippen LogP contribution is 2.35. The number of nitriles is 1. The maximum absolute atomic E-state index is 12.7. The van der Waals surface area contributed by atoms with Crippen molar-refractivity contribution in [2.45, 2.75) is 71.5 Å². The summed E-state index contributed by atoms with van der Waals surface area (Å²) in [5, 5.41) is 9.37. The van der Waals surface area contributed by atoms with Crippen LogP contribution in [-0.2, 0) is 14.3 Å². The summed E-state index contributed by atoms with van der Waals surface area (Å²) in [5.74, 6) is 1.32. The van der Waals surface area contributed by atoms with E-state index in [0.29, 0.717) is 35.5 Å². The Balaban J connectivity index is 1.44. The zero-order chi connectivity index (χ0) is 22.1. The number of benzene rings is 1. The van der Waals surface area contributed by atoms with Crippen molar-refractivity contribution in [1.82, 2.24) is 0 Å². The predicted octanol–water partition coefficient (Wildman–Crippen LogP) is 5.24. The number of esters is 1. The van der Waals surface area contributed by atoms with Crippen molar-refractivity contribution in [3.63, 3.8) is 0 Å². The SMILES string of the molecule is CCCCCC1COC(C2CCC(C(=O)Oc3ccc(OCC)cc3C#N)CC2)OC1. The number of carbonyl (C=O) groups excluding carboxylic acids is 1. The number of ether oxygens (including phenoxy) is 4. The van der Waals surface area contributed by atoms with Crippen LogP contribution in [0.1, 0.15) is 70.8 Å². The Morgan fingerprint density at radius 2 is 1.87 bits per heavy atom. The quantitative estimate of drug-likeness (QED) is 0.304. The van der Waals surface area contributed by atoms with Crippen LogP contribution >= 0.6 is 0 Å². The van der Waals surface area contributed by atoms with Crippen molar-refractivity contribution in [2.75, 3.05) is 19.8 Å². The molecular weight excluding hydrogens is 394 g/mol. The molecule has 31 heavy (non-hydrogen) atoms. The fraction of sp³-hybridized carbons (Fsp3) is 0.680. The number of unbranched alkanes of at least 4 members (excludes halogenated alkanes) is 2. The van der Waals surface area contributed by atoms with Crippen LogP contribution in [0.4, 0.5) is 0 Å². The van der Waals surface area contributed by atoms with Gasteiger partial charge in [-0.2, -0.15) is 5.26 Å². The smallest absolute Gasteiger partial charge is 0.314 e. The molecule has 1 saturated carbocycles. The largest absolute Gasteiger partial charge is 0.494 e. The molecule has 1 aliphatic heterocycles. The predicted molar refractivity (Wildman–Crippen MR) is 117 cm³/mol. The van der Waals surface area contributed by atoms with Gasteiger partial charge in [-0.05, 0) is 51.2 Å². The van der Waals surface area contributed by atoms with Crippen molar-refractivity contribution < 1.29 is 23.7 Å². The van der Waals surface area contributed by atoms with E-state index in [-0.39, 0.29) is 18.2 Å². The monoisotopic (exact) mass is 429 g/mol. The van der Waals surface area contributed by atoms with Gasteiger partial charge in [-0.25, -0.2) is 0 Å². The van der Waals surface area contributed by atoms with E-state index in [9.17, 15) is 10.1 Å². The number of rotatable bonds is 9. The first-order valence-electron chi connectivity index (χ1n) is 11.8. The average molecular weight is 430 g/mol. The van der Waals surface area contributed by atoms with Gasteiger partial charge in [0, 0.05) is 17.9 Å². The molecule has 0 spiro atoms. The summed E-state index contributed by atoms with van der Waals surface area (Å²) in [5.41, 5.74) is 0.311. The average Bonchev–Trinajstić information content (AvgIpc) is 2.81. The van der Waals surface area contributed by atoms with E-state index in [4.69, 9.17) is 18.9 Å². The van der Waals surface area contributed by atoms with Crippen molar-refractivity contribution in [1.29, 1.82) is 5.26 Å². The molecule has 6 nitrogen and oxygen atoms in total. The highest BCUT2D eigenvalue weighted by molar-refractivity contribution is 5.76. The Bertz CT molecular complexity index is 743. The molecule has 2 aliphatic rings. The molecule has 0 bridgehead atoms. The Morgan fingerprint density at radius 1 is 1.13 bits per heavy atom. The minimum Gasteiger partial charge on any atom is -0.494 e. The molecule has 0 unspecified atom stereocenters. The molecule has 0 radical (unpaired) electrons. The molecular formula is C25H35NO5. The molecule has 1 aliphatic carbocycles. The molecule has 1 heterocycles. The standard InChI is InChI=1S/C25H35NO5/c1-3-5-6-7-18-16-29-25(30-17-18)20-10-8-19(9-11-20)24(27)31-23-13-12-22(28-4-2)14-21(23)15-26/h12-14,18-20,25H,3-11,16-17H2,1-2H3. The molecule has 6 heteroatoms. The maximum atomic E-state index is 12.7. The van der Waals surface area contributed by atoms with E-state index in [2.05, 4.69) is 13.0 Å². The van der Waals surface area contributed by atoms with Crippen LogP contribution in [0.2, 0.25) is 0 Å². The summed E-state index contributed by atoms with van der Waals surface area (Å²) in [6, 6.07) is 7.04. The number of hydrogen-bond acceptors (Lipinski definition) is 6. The lowest BCUT2D eigenvalue weighted by Gasteiger charge is -2.37. The third-order valence-corrected chi connectivity index (χ3v) is 6.29. The Labute approximate surface area is 185 Å². The molecule has 170 valence electrons. The van der Waals surface area contributed by atoms with E-state index in [1.165, 1.54) is 25.7 Å². The highest BCUT2D eigenvalue weighted by atomic mass is 16.7. The van der Waals surface area contributed by atoms with Crippen molar-refractivity contribution >= 4 is 5.97 Å². The summed E-state index contributed by atoms with van der Waals surface area (Å²) < 4.78 is 23.0. The first-order chi connectivity index (χ1) is 15.1. The molecule has 0 atom stereocenters. The highest BCUT2D eigenvalue weighted by Gasteiger charge is 2.35. The zero-order valence-corrected chi connectivity index (χ0v) is 18.8. The zero-order valence-electron chi connectivity index (χ0n) is 18.8. The first-order valence-corrected chi connectivity index (χ1v) is 11.8. The van der Waals surface area contributed by atoms with Crippen LogP contribution in [-0.4, -0.2) is 32.1 Å². The van der Waals surface area contributed by atoms with Gasteiger partial charge in [0.1, 0.15) is 17.6 Å². The van der Waals surface area contributed by atoms with Crippen molar-refractivity contribution in [3.05, 3.63) is 23.8 Å². The second-order valence-corrected chi connectivity index (χ2v) is 8.63. The van der Waals surface area contributed by atoms with Crippen LogP contribution in [0.3, 0.4) is 0 Å². The van der Waals surface area contributed by atoms with Crippen LogP contribution < -0.4 is 9.47 Å². The van der Waals surface area contributed by atoms with Crippen LogP contribution in [0.5, 0.6) is 11.5 Å².